The van der Waals surface area contributed by atoms with Gasteiger partial charge in [0.1, 0.15) is 4.90 Å². The molecule has 0 heterocycles. The summed E-state index contributed by atoms with van der Waals surface area (Å²) in [7, 11) is -3.91. The van der Waals surface area contributed by atoms with Crippen LogP contribution < -0.4 is 15.8 Å². The van der Waals surface area contributed by atoms with Gasteiger partial charge in [-0.15, -0.1) is 0 Å². The molecule has 0 aliphatic heterocycles. The SMILES string of the molecule is NS(=O)(=O)c1cc(CBr)cc(NCc2ccccc2)c1Nc1ccccc1. The van der Waals surface area contributed by atoms with E-state index in [-0.39, 0.29) is 4.90 Å². The fourth-order valence-corrected chi connectivity index (χ4v) is 3.79. The minimum Gasteiger partial charge on any atom is -0.379 e. The van der Waals surface area contributed by atoms with Crippen molar-refractivity contribution in [2.75, 3.05) is 10.6 Å². The van der Waals surface area contributed by atoms with Crippen molar-refractivity contribution in [3.8, 4) is 0 Å². The standard InChI is InChI=1S/C20H20BrN3O2S/c21-13-16-11-18(23-14-15-7-3-1-4-8-15)20(19(12-16)27(22,25)26)24-17-9-5-2-6-10-17/h1-12,23-24H,13-14H2,(H2,22,25,26). The predicted octanol–water partition coefficient (Wildman–Crippen LogP) is 4.58. The maximum absolute atomic E-state index is 12.2. The molecule has 0 aromatic heterocycles. The molecule has 0 saturated carbocycles. The van der Waals surface area contributed by atoms with Crippen LogP contribution in [0.4, 0.5) is 17.1 Å². The van der Waals surface area contributed by atoms with Gasteiger partial charge in [0.25, 0.3) is 0 Å². The number of nitrogens with two attached hydrogens (primary N) is 1. The summed E-state index contributed by atoms with van der Waals surface area (Å²) >= 11 is 3.40. The van der Waals surface area contributed by atoms with Crippen LogP contribution in [0.3, 0.4) is 0 Å². The molecule has 140 valence electrons. The van der Waals surface area contributed by atoms with E-state index in [0.29, 0.717) is 23.2 Å². The second kappa shape index (κ2) is 8.56. The van der Waals surface area contributed by atoms with Crippen LogP contribution in [0.5, 0.6) is 0 Å². The molecule has 0 spiro atoms. The summed E-state index contributed by atoms with van der Waals surface area (Å²) in [6.45, 7) is 0.556. The Balaban J connectivity index is 2.05. The van der Waals surface area contributed by atoms with E-state index in [2.05, 4.69) is 26.6 Å². The number of rotatable bonds is 7. The summed E-state index contributed by atoms with van der Waals surface area (Å²) in [6, 6.07) is 22.8. The van der Waals surface area contributed by atoms with Crippen molar-refractivity contribution in [3.05, 3.63) is 83.9 Å². The number of halogens is 1. The number of alkyl halides is 1. The zero-order chi connectivity index (χ0) is 19.3. The van der Waals surface area contributed by atoms with Crippen LogP contribution >= 0.6 is 15.9 Å². The Morgan fingerprint density at radius 1 is 0.889 bits per heavy atom. The third-order valence-electron chi connectivity index (χ3n) is 3.99. The van der Waals surface area contributed by atoms with E-state index in [0.717, 1.165) is 16.8 Å². The van der Waals surface area contributed by atoms with Crippen molar-refractivity contribution in [2.45, 2.75) is 16.8 Å². The van der Waals surface area contributed by atoms with E-state index < -0.39 is 10.0 Å². The molecule has 5 nitrogen and oxygen atoms in total. The third-order valence-corrected chi connectivity index (χ3v) is 5.57. The highest BCUT2D eigenvalue weighted by molar-refractivity contribution is 9.08. The summed E-state index contributed by atoms with van der Waals surface area (Å²) in [6.07, 6.45) is 0. The summed E-state index contributed by atoms with van der Waals surface area (Å²) in [5.74, 6) is 0. The minimum absolute atomic E-state index is 0.0545. The Morgan fingerprint density at radius 2 is 1.52 bits per heavy atom. The molecule has 0 atom stereocenters. The monoisotopic (exact) mass is 445 g/mol. The molecular formula is C20H20BrN3O2S. The lowest BCUT2D eigenvalue weighted by atomic mass is 10.1. The Kier molecular flexibility index (Phi) is 6.15. The van der Waals surface area contributed by atoms with Crippen LogP contribution in [0.2, 0.25) is 0 Å². The van der Waals surface area contributed by atoms with E-state index in [4.69, 9.17) is 5.14 Å². The van der Waals surface area contributed by atoms with Gasteiger partial charge in [-0.2, -0.15) is 0 Å². The van der Waals surface area contributed by atoms with E-state index >= 15 is 0 Å². The zero-order valence-electron chi connectivity index (χ0n) is 14.5. The average molecular weight is 446 g/mol. The second-order valence-corrected chi connectivity index (χ2v) is 8.12. The van der Waals surface area contributed by atoms with Crippen LogP contribution in [-0.2, 0) is 21.9 Å². The van der Waals surface area contributed by atoms with E-state index in [1.165, 1.54) is 0 Å². The highest BCUT2D eigenvalue weighted by Crippen LogP contribution is 2.34. The molecule has 0 fully saturated rings. The summed E-state index contributed by atoms with van der Waals surface area (Å²) in [5.41, 5.74) is 3.78. The first-order valence-corrected chi connectivity index (χ1v) is 11.0. The fraction of sp³-hybridized carbons (Fsp3) is 0.100. The van der Waals surface area contributed by atoms with Gasteiger partial charge >= 0.3 is 0 Å². The van der Waals surface area contributed by atoms with Gasteiger partial charge in [-0.3, -0.25) is 0 Å². The Morgan fingerprint density at radius 3 is 2.11 bits per heavy atom. The predicted molar refractivity (Wildman–Crippen MR) is 114 cm³/mol. The average Bonchev–Trinajstić information content (AvgIpc) is 2.67. The highest BCUT2D eigenvalue weighted by Gasteiger charge is 2.19. The smallest absolute Gasteiger partial charge is 0.240 e. The fourth-order valence-electron chi connectivity index (χ4n) is 2.70. The topological polar surface area (TPSA) is 84.2 Å². The first kappa shape index (κ1) is 19.4. The van der Waals surface area contributed by atoms with Gasteiger partial charge in [0.2, 0.25) is 10.0 Å². The molecule has 0 radical (unpaired) electrons. The Bertz CT molecular complexity index is 1010. The number of sulfonamides is 1. The first-order chi connectivity index (χ1) is 13.0. The summed E-state index contributed by atoms with van der Waals surface area (Å²) in [4.78, 5) is 0.0545. The van der Waals surface area contributed by atoms with E-state index in [1.54, 1.807) is 6.07 Å². The molecule has 0 aliphatic rings. The number of benzene rings is 3. The molecule has 4 N–H and O–H groups in total. The third kappa shape index (κ3) is 5.09. The number of primary sulfonamides is 1. The lowest BCUT2D eigenvalue weighted by Gasteiger charge is -2.19. The number of nitrogens with one attached hydrogen (secondary N) is 2. The van der Waals surface area contributed by atoms with Crippen molar-refractivity contribution in [1.82, 2.24) is 0 Å². The molecular weight excluding hydrogens is 426 g/mol. The quantitative estimate of drug-likeness (QED) is 0.464. The maximum atomic E-state index is 12.2. The molecule has 7 heteroatoms. The number of hydrogen-bond donors (Lipinski definition) is 3. The molecule has 0 aliphatic carbocycles. The van der Waals surface area contributed by atoms with Gasteiger partial charge in [-0.25, -0.2) is 13.6 Å². The zero-order valence-corrected chi connectivity index (χ0v) is 16.9. The lowest BCUT2D eigenvalue weighted by Crippen LogP contribution is -2.16. The van der Waals surface area contributed by atoms with E-state index in [9.17, 15) is 8.42 Å². The first-order valence-electron chi connectivity index (χ1n) is 8.33. The molecule has 3 aromatic rings. The van der Waals surface area contributed by atoms with Gasteiger partial charge in [-0.1, -0.05) is 64.5 Å². The molecule has 0 bridgehead atoms. The molecule has 0 unspecified atom stereocenters. The van der Waals surface area contributed by atoms with Crippen LogP contribution in [0.25, 0.3) is 0 Å². The summed E-state index contributed by atoms with van der Waals surface area (Å²) in [5, 5.41) is 12.5. The van der Waals surface area contributed by atoms with E-state index in [1.807, 2.05) is 66.7 Å². The highest BCUT2D eigenvalue weighted by atomic mass is 79.9. The molecule has 0 amide bonds. The molecule has 0 saturated heterocycles. The van der Waals surface area contributed by atoms with Gasteiger partial charge in [0, 0.05) is 17.6 Å². The van der Waals surface area contributed by atoms with Crippen molar-refractivity contribution < 1.29 is 8.42 Å². The van der Waals surface area contributed by atoms with Crippen LogP contribution in [-0.4, -0.2) is 8.42 Å². The Hall–Kier alpha value is -2.35. The minimum atomic E-state index is -3.91. The van der Waals surface area contributed by atoms with Gasteiger partial charge in [0.05, 0.1) is 11.4 Å². The lowest BCUT2D eigenvalue weighted by molar-refractivity contribution is 0.598. The summed E-state index contributed by atoms with van der Waals surface area (Å²) < 4.78 is 24.5. The molecule has 3 rings (SSSR count). The Labute approximate surface area is 167 Å². The second-order valence-electron chi connectivity index (χ2n) is 6.03. The molecule has 3 aromatic carbocycles. The van der Waals surface area contributed by atoms with Crippen LogP contribution in [0, 0.1) is 0 Å². The number of hydrogen-bond acceptors (Lipinski definition) is 4. The van der Waals surface area contributed by atoms with Crippen molar-refractivity contribution in [2.24, 2.45) is 5.14 Å². The van der Waals surface area contributed by atoms with Gasteiger partial charge < -0.3 is 10.6 Å². The van der Waals surface area contributed by atoms with Gasteiger partial charge in [0.15, 0.2) is 0 Å². The number of anilines is 3. The van der Waals surface area contributed by atoms with Crippen LogP contribution in [0.1, 0.15) is 11.1 Å². The van der Waals surface area contributed by atoms with Crippen LogP contribution in [0.15, 0.2) is 77.7 Å². The normalized spacial score (nSPS) is 11.2. The molecule has 27 heavy (non-hydrogen) atoms. The van der Waals surface area contributed by atoms with Crippen molar-refractivity contribution in [3.63, 3.8) is 0 Å². The van der Waals surface area contributed by atoms with Gasteiger partial charge in [-0.05, 0) is 35.4 Å². The van der Waals surface area contributed by atoms with Crippen molar-refractivity contribution >= 4 is 43.0 Å². The number of para-hydroxylation sites is 1. The van der Waals surface area contributed by atoms with Crippen molar-refractivity contribution in [1.29, 1.82) is 0 Å². The largest absolute Gasteiger partial charge is 0.379 e. The maximum Gasteiger partial charge on any atom is 0.240 e.